The summed E-state index contributed by atoms with van der Waals surface area (Å²) in [5.74, 6) is 1.71. The van der Waals surface area contributed by atoms with E-state index in [1.807, 2.05) is 6.92 Å². The predicted octanol–water partition coefficient (Wildman–Crippen LogP) is 3.51. The van der Waals surface area contributed by atoms with E-state index in [1.54, 1.807) is 0 Å². The monoisotopic (exact) mass is 343 g/mol. The fraction of sp³-hybridized carbons (Fsp3) is 0.625. The van der Waals surface area contributed by atoms with Gasteiger partial charge in [-0.3, -0.25) is 0 Å². The van der Waals surface area contributed by atoms with Crippen LogP contribution in [0.15, 0.2) is 16.6 Å². The average Bonchev–Trinajstić information content (AvgIpc) is 2.36. The van der Waals surface area contributed by atoms with Crippen LogP contribution in [-0.2, 0) is 6.54 Å². The molecule has 0 spiro atoms. The van der Waals surface area contributed by atoms with Gasteiger partial charge in [-0.25, -0.2) is 0 Å². The topological polar surface area (TPSA) is 41.5 Å². The van der Waals surface area contributed by atoms with Gasteiger partial charge in [-0.05, 0) is 37.1 Å². The lowest BCUT2D eigenvalue weighted by atomic mass is 10.1. The van der Waals surface area contributed by atoms with Crippen molar-refractivity contribution in [1.82, 2.24) is 5.32 Å². The van der Waals surface area contributed by atoms with E-state index in [4.69, 9.17) is 9.84 Å². The Labute approximate surface area is 130 Å². The summed E-state index contributed by atoms with van der Waals surface area (Å²) >= 11 is 3.54. The number of aliphatic hydroxyl groups is 1. The van der Waals surface area contributed by atoms with Gasteiger partial charge in [0.05, 0.1) is 6.61 Å². The van der Waals surface area contributed by atoms with Crippen molar-refractivity contribution in [3.63, 3.8) is 0 Å². The van der Waals surface area contributed by atoms with E-state index in [-0.39, 0.29) is 12.5 Å². The van der Waals surface area contributed by atoms with Crippen LogP contribution in [0, 0.1) is 18.8 Å². The predicted molar refractivity (Wildman–Crippen MR) is 87.2 cm³/mol. The Bertz CT molecular complexity index is 421. The van der Waals surface area contributed by atoms with Crippen molar-refractivity contribution >= 4 is 15.9 Å². The Morgan fingerprint density at radius 1 is 1.30 bits per heavy atom. The molecule has 0 aliphatic heterocycles. The molecule has 1 atom stereocenters. The highest BCUT2D eigenvalue weighted by molar-refractivity contribution is 9.10. The number of aryl methyl sites for hydroxylation is 1. The summed E-state index contributed by atoms with van der Waals surface area (Å²) in [7, 11) is 0. The van der Waals surface area contributed by atoms with Crippen molar-refractivity contribution in [1.29, 1.82) is 0 Å². The van der Waals surface area contributed by atoms with Crippen LogP contribution in [0.5, 0.6) is 5.75 Å². The van der Waals surface area contributed by atoms with Crippen molar-refractivity contribution < 1.29 is 9.84 Å². The molecule has 1 rings (SSSR count). The van der Waals surface area contributed by atoms with Crippen LogP contribution in [0.4, 0.5) is 0 Å². The zero-order chi connectivity index (χ0) is 15.1. The van der Waals surface area contributed by atoms with Crippen LogP contribution in [0.25, 0.3) is 0 Å². The van der Waals surface area contributed by atoms with Crippen molar-refractivity contribution in [3.05, 3.63) is 27.7 Å². The van der Waals surface area contributed by atoms with E-state index in [0.717, 1.165) is 34.4 Å². The van der Waals surface area contributed by atoms with Crippen LogP contribution in [0.1, 0.15) is 31.9 Å². The molecule has 1 aromatic rings. The second-order valence-corrected chi connectivity index (χ2v) is 6.75. The lowest BCUT2D eigenvalue weighted by Gasteiger charge is -2.18. The minimum Gasteiger partial charge on any atom is -0.493 e. The number of ether oxygens (including phenoxy) is 1. The first-order valence-corrected chi connectivity index (χ1v) is 7.96. The second kappa shape index (κ2) is 8.65. The van der Waals surface area contributed by atoms with Gasteiger partial charge in [-0.1, -0.05) is 36.7 Å². The molecule has 2 N–H and O–H groups in total. The standard InChI is InChI=1S/C16H26BrNO2/c1-11(2)7-18-8-14-6-15(17)5-13(4)16(14)20-10-12(3)9-19/h5-6,11-12,18-19H,7-10H2,1-4H3. The summed E-state index contributed by atoms with van der Waals surface area (Å²) in [6.07, 6.45) is 0. The van der Waals surface area contributed by atoms with Crippen LogP contribution >= 0.6 is 15.9 Å². The highest BCUT2D eigenvalue weighted by Gasteiger charge is 2.11. The molecule has 0 aliphatic carbocycles. The number of halogens is 1. The maximum absolute atomic E-state index is 9.10. The lowest BCUT2D eigenvalue weighted by Crippen LogP contribution is -2.20. The SMILES string of the molecule is Cc1cc(Br)cc(CNCC(C)C)c1OCC(C)CO. The molecule has 0 amide bonds. The minimum absolute atomic E-state index is 0.148. The molecule has 4 heteroatoms. The highest BCUT2D eigenvalue weighted by atomic mass is 79.9. The van der Waals surface area contributed by atoms with E-state index in [9.17, 15) is 0 Å². The molecule has 3 nitrogen and oxygen atoms in total. The zero-order valence-corrected chi connectivity index (χ0v) is 14.5. The molecular formula is C16H26BrNO2. The molecule has 0 saturated heterocycles. The number of nitrogens with one attached hydrogen (secondary N) is 1. The molecule has 0 aliphatic rings. The molecule has 0 bridgehead atoms. The van der Waals surface area contributed by atoms with E-state index in [2.05, 4.69) is 54.2 Å². The average molecular weight is 344 g/mol. The van der Waals surface area contributed by atoms with Gasteiger partial charge >= 0.3 is 0 Å². The number of rotatable bonds is 8. The third-order valence-electron chi connectivity index (χ3n) is 3.01. The zero-order valence-electron chi connectivity index (χ0n) is 12.9. The summed E-state index contributed by atoms with van der Waals surface area (Å²) < 4.78 is 6.98. The number of benzene rings is 1. The Balaban J connectivity index is 2.78. The lowest BCUT2D eigenvalue weighted by molar-refractivity contribution is 0.173. The van der Waals surface area contributed by atoms with Crippen molar-refractivity contribution in [2.75, 3.05) is 19.8 Å². The van der Waals surface area contributed by atoms with Crippen molar-refractivity contribution in [2.45, 2.75) is 34.2 Å². The maximum Gasteiger partial charge on any atom is 0.126 e. The molecule has 20 heavy (non-hydrogen) atoms. The van der Waals surface area contributed by atoms with Gasteiger partial charge in [0.1, 0.15) is 5.75 Å². The summed E-state index contributed by atoms with van der Waals surface area (Å²) in [6.45, 7) is 10.9. The fourth-order valence-corrected chi connectivity index (χ4v) is 2.53. The Morgan fingerprint density at radius 3 is 2.60 bits per heavy atom. The molecule has 114 valence electrons. The first-order valence-electron chi connectivity index (χ1n) is 7.17. The van der Waals surface area contributed by atoms with Gasteiger partial charge in [-0.2, -0.15) is 0 Å². The number of aliphatic hydroxyl groups excluding tert-OH is 1. The minimum atomic E-state index is 0.148. The van der Waals surface area contributed by atoms with E-state index < -0.39 is 0 Å². The first-order chi connectivity index (χ1) is 9.43. The molecule has 0 heterocycles. The molecule has 0 aromatic heterocycles. The first kappa shape index (κ1) is 17.5. The smallest absolute Gasteiger partial charge is 0.126 e. The van der Waals surface area contributed by atoms with Gasteiger partial charge in [0, 0.05) is 29.1 Å². The van der Waals surface area contributed by atoms with Gasteiger partial charge in [0.15, 0.2) is 0 Å². The fourth-order valence-electron chi connectivity index (χ4n) is 1.91. The Morgan fingerprint density at radius 2 is 2.00 bits per heavy atom. The largest absolute Gasteiger partial charge is 0.493 e. The Kier molecular flexibility index (Phi) is 7.56. The van der Waals surface area contributed by atoms with Crippen LogP contribution in [-0.4, -0.2) is 24.9 Å². The molecule has 0 fully saturated rings. The summed E-state index contributed by atoms with van der Waals surface area (Å²) in [5, 5.41) is 12.5. The van der Waals surface area contributed by atoms with Gasteiger partial charge < -0.3 is 15.2 Å². The molecule has 1 unspecified atom stereocenters. The normalized spacial score (nSPS) is 12.8. The number of hydrogen-bond acceptors (Lipinski definition) is 3. The van der Waals surface area contributed by atoms with E-state index in [1.165, 1.54) is 0 Å². The second-order valence-electron chi connectivity index (χ2n) is 5.83. The summed E-state index contributed by atoms with van der Waals surface area (Å²) in [6, 6.07) is 4.16. The van der Waals surface area contributed by atoms with Crippen LogP contribution in [0.2, 0.25) is 0 Å². The van der Waals surface area contributed by atoms with E-state index in [0.29, 0.717) is 12.5 Å². The Hall–Kier alpha value is -0.580. The molecule has 1 aromatic carbocycles. The van der Waals surface area contributed by atoms with Crippen LogP contribution in [0.3, 0.4) is 0 Å². The van der Waals surface area contributed by atoms with Crippen molar-refractivity contribution in [2.24, 2.45) is 11.8 Å². The molecule has 0 radical (unpaired) electrons. The molecular weight excluding hydrogens is 318 g/mol. The van der Waals surface area contributed by atoms with Gasteiger partial charge in [-0.15, -0.1) is 0 Å². The van der Waals surface area contributed by atoms with Crippen molar-refractivity contribution in [3.8, 4) is 5.75 Å². The van der Waals surface area contributed by atoms with Gasteiger partial charge in [0.25, 0.3) is 0 Å². The third kappa shape index (κ3) is 5.81. The molecule has 0 saturated carbocycles. The number of hydrogen-bond donors (Lipinski definition) is 2. The summed E-state index contributed by atoms with van der Waals surface area (Å²) in [4.78, 5) is 0. The third-order valence-corrected chi connectivity index (χ3v) is 3.47. The highest BCUT2D eigenvalue weighted by Crippen LogP contribution is 2.28. The van der Waals surface area contributed by atoms with Crippen LogP contribution < -0.4 is 10.1 Å². The maximum atomic E-state index is 9.10. The summed E-state index contributed by atoms with van der Waals surface area (Å²) in [5.41, 5.74) is 2.27. The van der Waals surface area contributed by atoms with Gasteiger partial charge in [0.2, 0.25) is 0 Å². The van der Waals surface area contributed by atoms with E-state index >= 15 is 0 Å². The quantitative estimate of drug-likeness (QED) is 0.758.